The van der Waals surface area contributed by atoms with Crippen LogP contribution >= 0.6 is 23.1 Å². The smallest absolute Gasteiger partial charge is 0.240 e. The zero-order valence-electron chi connectivity index (χ0n) is 14.0. The first-order valence-electron chi connectivity index (χ1n) is 8.35. The Kier molecular flexibility index (Phi) is 5.33. The third-order valence-corrected chi connectivity index (χ3v) is 6.07. The zero-order valence-corrected chi connectivity index (χ0v) is 15.6. The van der Waals surface area contributed by atoms with Crippen molar-refractivity contribution in [2.75, 3.05) is 26.3 Å². The highest BCUT2D eigenvalue weighted by molar-refractivity contribution is 8.00. The standard InChI is InChI=1S/C18H18N4O2S2/c23-17(22-8-10-24-11-9-22)15(13-5-2-1-3-6-13)26-18-19-16(20-21-18)14-7-4-12-25-14/h1-7,12,15H,8-11H2,(H,19,20,21). The number of aromatic amines is 1. The van der Waals surface area contributed by atoms with Gasteiger partial charge in [0.15, 0.2) is 5.82 Å². The Bertz CT molecular complexity index is 845. The first kappa shape index (κ1) is 17.3. The second-order valence-corrected chi connectivity index (χ2v) is 7.81. The SMILES string of the molecule is O=C(C(Sc1n[nH]c(-c2cccs2)n1)c1ccccc1)N1CCOCC1. The van der Waals surface area contributed by atoms with Gasteiger partial charge in [0.05, 0.1) is 18.1 Å². The molecule has 1 amide bonds. The van der Waals surface area contributed by atoms with E-state index in [0.29, 0.717) is 31.5 Å². The number of H-pyrrole nitrogens is 1. The number of thioether (sulfide) groups is 1. The molecule has 1 aromatic carbocycles. The molecule has 3 aromatic rings. The van der Waals surface area contributed by atoms with Crippen LogP contribution in [0.4, 0.5) is 0 Å². The number of rotatable bonds is 5. The van der Waals surface area contributed by atoms with Gasteiger partial charge in [-0.25, -0.2) is 4.98 Å². The van der Waals surface area contributed by atoms with Crippen LogP contribution in [0.2, 0.25) is 0 Å². The van der Waals surface area contributed by atoms with Gasteiger partial charge in [0.25, 0.3) is 0 Å². The fraction of sp³-hybridized carbons (Fsp3) is 0.278. The number of benzene rings is 1. The Labute approximate surface area is 159 Å². The summed E-state index contributed by atoms with van der Waals surface area (Å²) in [5.74, 6) is 0.806. The van der Waals surface area contributed by atoms with E-state index in [0.717, 1.165) is 16.3 Å². The van der Waals surface area contributed by atoms with E-state index in [-0.39, 0.29) is 11.2 Å². The van der Waals surface area contributed by atoms with E-state index in [1.54, 1.807) is 11.3 Å². The molecule has 1 unspecified atom stereocenters. The van der Waals surface area contributed by atoms with Crippen LogP contribution in [0.3, 0.4) is 0 Å². The Balaban J connectivity index is 1.58. The number of morpholine rings is 1. The number of amides is 1. The van der Waals surface area contributed by atoms with E-state index >= 15 is 0 Å². The molecule has 4 rings (SSSR count). The highest BCUT2D eigenvalue weighted by Gasteiger charge is 2.29. The molecule has 1 aliphatic rings. The molecule has 3 heterocycles. The maximum atomic E-state index is 13.1. The van der Waals surface area contributed by atoms with Crippen LogP contribution in [-0.2, 0) is 9.53 Å². The molecule has 1 N–H and O–H groups in total. The van der Waals surface area contributed by atoms with E-state index in [2.05, 4.69) is 15.2 Å². The Morgan fingerprint density at radius 1 is 1.19 bits per heavy atom. The van der Waals surface area contributed by atoms with Gasteiger partial charge in [0.2, 0.25) is 11.1 Å². The molecule has 0 bridgehead atoms. The number of ether oxygens (including phenoxy) is 1. The number of hydrogen-bond acceptors (Lipinski definition) is 6. The van der Waals surface area contributed by atoms with Gasteiger partial charge in [-0.1, -0.05) is 48.2 Å². The molecule has 1 aliphatic heterocycles. The number of hydrogen-bond donors (Lipinski definition) is 1. The lowest BCUT2D eigenvalue weighted by molar-refractivity contribution is -0.134. The topological polar surface area (TPSA) is 71.1 Å². The first-order chi connectivity index (χ1) is 12.8. The molecule has 2 aromatic heterocycles. The minimum Gasteiger partial charge on any atom is -0.378 e. The first-order valence-corrected chi connectivity index (χ1v) is 10.1. The predicted octanol–water partition coefficient (Wildman–Crippen LogP) is 3.23. The van der Waals surface area contributed by atoms with E-state index in [1.807, 2.05) is 52.7 Å². The van der Waals surface area contributed by atoms with Crippen molar-refractivity contribution in [2.24, 2.45) is 0 Å². The van der Waals surface area contributed by atoms with Crippen molar-refractivity contribution in [1.82, 2.24) is 20.1 Å². The molecule has 26 heavy (non-hydrogen) atoms. The van der Waals surface area contributed by atoms with Gasteiger partial charge in [-0.3, -0.25) is 9.89 Å². The fourth-order valence-corrected chi connectivity index (χ4v) is 4.43. The average molecular weight is 387 g/mol. The molecule has 8 heteroatoms. The number of carbonyl (C=O) groups excluding carboxylic acids is 1. The Morgan fingerprint density at radius 2 is 2.00 bits per heavy atom. The number of aromatic nitrogens is 3. The molecule has 0 radical (unpaired) electrons. The third kappa shape index (κ3) is 3.82. The monoisotopic (exact) mass is 386 g/mol. The van der Waals surface area contributed by atoms with E-state index in [9.17, 15) is 4.79 Å². The average Bonchev–Trinajstić information content (AvgIpc) is 3.39. The summed E-state index contributed by atoms with van der Waals surface area (Å²) in [6.45, 7) is 2.41. The van der Waals surface area contributed by atoms with Crippen LogP contribution < -0.4 is 0 Å². The summed E-state index contributed by atoms with van der Waals surface area (Å²) >= 11 is 2.98. The largest absolute Gasteiger partial charge is 0.378 e. The van der Waals surface area contributed by atoms with Gasteiger partial charge in [-0.05, 0) is 17.0 Å². The molecular formula is C18H18N4O2S2. The zero-order chi connectivity index (χ0) is 17.8. The van der Waals surface area contributed by atoms with Crippen LogP contribution in [0, 0.1) is 0 Å². The van der Waals surface area contributed by atoms with Gasteiger partial charge in [0, 0.05) is 13.1 Å². The maximum absolute atomic E-state index is 13.1. The van der Waals surface area contributed by atoms with E-state index < -0.39 is 0 Å². The lowest BCUT2D eigenvalue weighted by atomic mass is 10.1. The summed E-state index contributed by atoms with van der Waals surface area (Å²) in [5.41, 5.74) is 0.955. The van der Waals surface area contributed by atoms with Crippen molar-refractivity contribution in [3.05, 3.63) is 53.4 Å². The Hall–Kier alpha value is -2.16. The van der Waals surface area contributed by atoms with E-state index in [1.165, 1.54) is 11.8 Å². The Morgan fingerprint density at radius 3 is 2.73 bits per heavy atom. The van der Waals surface area contributed by atoms with Crippen molar-refractivity contribution >= 4 is 29.0 Å². The highest BCUT2D eigenvalue weighted by atomic mass is 32.2. The van der Waals surface area contributed by atoms with Crippen LogP contribution in [0.25, 0.3) is 10.7 Å². The van der Waals surface area contributed by atoms with Crippen molar-refractivity contribution in [3.8, 4) is 10.7 Å². The van der Waals surface area contributed by atoms with Gasteiger partial charge >= 0.3 is 0 Å². The summed E-state index contributed by atoms with van der Waals surface area (Å²) in [6, 6.07) is 13.8. The third-order valence-electron chi connectivity index (χ3n) is 4.09. The minimum atomic E-state index is -0.374. The summed E-state index contributed by atoms with van der Waals surface area (Å²) in [7, 11) is 0. The van der Waals surface area contributed by atoms with Crippen LogP contribution in [0.5, 0.6) is 0 Å². The van der Waals surface area contributed by atoms with E-state index in [4.69, 9.17) is 4.74 Å². The van der Waals surface area contributed by atoms with Gasteiger partial charge < -0.3 is 9.64 Å². The quantitative estimate of drug-likeness (QED) is 0.682. The summed E-state index contributed by atoms with van der Waals surface area (Å²) in [5, 5.41) is 9.47. The van der Waals surface area contributed by atoms with Crippen LogP contribution in [0.15, 0.2) is 53.0 Å². The second kappa shape index (κ2) is 8.03. The van der Waals surface area contributed by atoms with Crippen molar-refractivity contribution in [3.63, 3.8) is 0 Å². The fourth-order valence-electron chi connectivity index (χ4n) is 2.77. The summed E-state index contributed by atoms with van der Waals surface area (Å²) < 4.78 is 5.37. The number of carbonyl (C=O) groups is 1. The molecule has 0 spiro atoms. The lowest BCUT2D eigenvalue weighted by Crippen LogP contribution is -2.42. The molecule has 0 aliphatic carbocycles. The molecular weight excluding hydrogens is 368 g/mol. The molecule has 1 fully saturated rings. The number of nitrogens with one attached hydrogen (secondary N) is 1. The molecule has 1 atom stereocenters. The van der Waals surface area contributed by atoms with Crippen molar-refractivity contribution in [2.45, 2.75) is 10.4 Å². The summed E-state index contributed by atoms with van der Waals surface area (Å²) in [6.07, 6.45) is 0. The van der Waals surface area contributed by atoms with Crippen LogP contribution in [0.1, 0.15) is 10.8 Å². The molecule has 1 saturated heterocycles. The van der Waals surface area contributed by atoms with Gasteiger partial charge in [0.1, 0.15) is 5.25 Å². The second-order valence-electron chi connectivity index (χ2n) is 5.79. The van der Waals surface area contributed by atoms with Crippen LogP contribution in [-0.4, -0.2) is 52.3 Å². The number of nitrogens with zero attached hydrogens (tertiary/aromatic N) is 3. The lowest BCUT2D eigenvalue weighted by Gasteiger charge is -2.30. The highest BCUT2D eigenvalue weighted by Crippen LogP contribution is 2.36. The molecule has 0 saturated carbocycles. The van der Waals surface area contributed by atoms with Crippen molar-refractivity contribution in [1.29, 1.82) is 0 Å². The molecule has 6 nitrogen and oxygen atoms in total. The predicted molar refractivity (Wildman–Crippen MR) is 102 cm³/mol. The molecule has 134 valence electrons. The summed E-state index contributed by atoms with van der Waals surface area (Å²) in [4.78, 5) is 20.6. The maximum Gasteiger partial charge on any atom is 0.240 e. The van der Waals surface area contributed by atoms with Gasteiger partial charge in [-0.2, -0.15) is 0 Å². The van der Waals surface area contributed by atoms with Gasteiger partial charge in [-0.15, -0.1) is 16.4 Å². The minimum absolute atomic E-state index is 0.0759. The number of thiophene rings is 1. The normalized spacial score (nSPS) is 15.8. The van der Waals surface area contributed by atoms with Crippen molar-refractivity contribution < 1.29 is 9.53 Å².